The van der Waals surface area contributed by atoms with Crippen molar-refractivity contribution in [1.82, 2.24) is 9.97 Å². The predicted molar refractivity (Wildman–Crippen MR) is 66.1 cm³/mol. The van der Waals surface area contributed by atoms with Gasteiger partial charge < -0.3 is 0 Å². The molecular formula is C12H16N2S. The Morgan fingerprint density at radius 3 is 2.33 bits per heavy atom. The SMILES string of the molecule is CC.CCc1ccc(-c2ncccn2)s1. The largest absolute Gasteiger partial charge is 0.236 e. The van der Waals surface area contributed by atoms with E-state index in [2.05, 4.69) is 29.0 Å². The summed E-state index contributed by atoms with van der Waals surface area (Å²) in [6.45, 7) is 6.15. The van der Waals surface area contributed by atoms with Crippen LogP contribution in [0.2, 0.25) is 0 Å². The van der Waals surface area contributed by atoms with E-state index in [1.807, 2.05) is 19.9 Å². The van der Waals surface area contributed by atoms with Crippen LogP contribution in [0.4, 0.5) is 0 Å². The van der Waals surface area contributed by atoms with Crippen molar-refractivity contribution in [3.8, 4) is 10.7 Å². The van der Waals surface area contributed by atoms with E-state index in [9.17, 15) is 0 Å². The molecule has 0 amide bonds. The fourth-order valence-corrected chi connectivity index (χ4v) is 2.01. The van der Waals surface area contributed by atoms with E-state index in [1.165, 1.54) is 4.88 Å². The van der Waals surface area contributed by atoms with Crippen LogP contribution in [0, 0.1) is 0 Å². The Bertz CT molecular complexity index is 382. The Kier molecular flexibility index (Phi) is 4.98. The van der Waals surface area contributed by atoms with Gasteiger partial charge in [0.05, 0.1) is 4.88 Å². The van der Waals surface area contributed by atoms with E-state index in [0.717, 1.165) is 17.1 Å². The van der Waals surface area contributed by atoms with Gasteiger partial charge in [0.2, 0.25) is 0 Å². The fourth-order valence-electron chi connectivity index (χ4n) is 1.11. The molecule has 0 saturated carbocycles. The molecule has 0 aliphatic heterocycles. The summed E-state index contributed by atoms with van der Waals surface area (Å²) in [7, 11) is 0. The van der Waals surface area contributed by atoms with E-state index in [1.54, 1.807) is 23.7 Å². The smallest absolute Gasteiger partial charge is 0.169 e. The Morgan fingerprint density at radius 1 is 1.13 bits per heavy atom. The molecule has 2 aromatic heterocycles. The van der Waals surface area contributed by atoms with Gasteiger partial charge in [-0.3, -0.25) is 0 Å². The quantitative estimate of drug-likeness (QED) is 0.769. The predicted octanol–water partition coefficient (Wildman–Crippen LogP) is 3.79. The Hall–Kier alpha value is -1.22. The third-order valence-electron chi connectivity index (χ3n) is 1.80. The molecule has 0 bridgehead atoms. The van der Waals surface area contributed by atoms with Gasteiger partial charge in [0.25, 0.3) is 0 Å². The molecule has 15 heavy (non-hydrogen) atoms. The van der Waals surface area contributed by atoms with Gasteiger partial charge in [-0.05, 0) is 24.6 Å². The summed E-state index contributed by atoms with van der Waals surface area (Å²) in [5.74, 6) is 0.826. The molecule has 0 atom stereocenters. The lowest BCUT2D eigenvalue weighted by molar-refractivity contribution is 1.19. The number of hydrogen-bond donors (Lipinski definition) is 0. The molecule has 0 saturated heterocycles. The lowest BCUT2D eigenvalue weighted by atomic mass is 10.3. The van der Waals surface area contributed by atoms with E-state index < -0.39 is 0 Å². The van der Waals surface area contributed by atoms with Crippen LogP contribution >= 0.6 is 11.3 Å². The van der Waals surface area contributed by atoms with Crippen molar-refractivity contribution in [3.63, 3.8) is 0 Å². The molecule has 2 rings (SSSR count). The maximum absolute atomic E-state index is 4.20. The van der Waals surface area contributed by atoms with Gasteiger partial charge >= 0.3 is 0 Å². The second-order valence-corrected chi connectivity index (χ2v) is 3.86. The van der Waals surface area contributed by atoms with Crippen molar-refractivity contribution in [2.45, 2.75) is 27.2 Å². The number of thiophene rings is 1. The summed E-state index contributed by atoms with van der Waals surface area (Å²) in [4.78, 5) is 10.9. The zero-order valence-electron chi connectivity index (χ0n) is 9.40. The van der Waals surface area contributed by atoms with E-state index >= 15 is 0 Å². The standard InChI is InChI=1S/C10H10N2S.C2H6/c1-2-8-4-5-9(13-8)10-11-6-3-7-12-10;1-2/h3-7H,2H2,1H3;1-2H3. The summed E-state index contributed by atoms with van der Waals surface area (Å²) in [6.07, 6.45) is 4.62. The van der Waals surface area contributed by atoms with Crippen LogP contribution in [0.1, 0.15) is 25.6 Å². The van der Waals surface area contributed by atoms with Crippen molar-refractivity contribution in [2.75, 3.05) is 0 Å². The average Bonchev–Trinajstić information content (AvgIpc) is 2.81. The first kappa shape index (κ1) is 11.9. The van der Waals surface area contributed by atoms with Crippen LogP contribution in [0.15, 0.2) is 30.6 Å². The summed E-state index contributed by atoms with van der Waals surface area (Å²) in [6, 6.07) is 6.05. The summed E-state index contributed by atoms with van der Waals surface area (Å²) in [5.41, 5.74) is 0. The number of aryl methyl sites for hydroxylation is 1. The van der Waals surface area contributed by atoms with E-state index in [4.69, 9.17) is 0 Å². The highest BCUT2D eigenvalue weighted by molar-refractivity contribution is 7.15. The van der Waals surface area contributed by atoms with Gasteiger partial charge in [-0.2, -0.15) is 0 Å². The fraction of sp³-hybridized carbons (Fsp3) is 0.333. The lowest BCUT2D eigenvalue weighted by Crippen LogP contribution is -1.81. The number of rotatable bonds is 2. The zero-order valence-corrected chi connectivity index (χ0v) is 10.2. The molecule has 0 fully saturated rings. The van der Waals surface area contributed by atoms with Crippen LogP contribution in [-0.4, -0.2) is 9.97 Å². The average molecular weight is 220 g/mol. The van der Waals surface area contributed by atoms with E-state index in [0.29, 0.717) is 0 Å². The molecule has 0 aromatic carbocycles. The van der Waals surface area contributed by atoms with Gasteiger partial charge in [-0.15, -0.1) is 11.3 Å². The molecule has 2 heterocycles. The van der Waals surface area contributed by atoms with Gasteiger partial charge in [0, 0.05) is 17.3 Å². The van der Waals surface area contributed by atoms with Crippen molar-refractivity contribution in [2.24, 2.45) is 0 Å². The normalized spacial score (nSPS) is 9.27. The molecule has 3 heteroatoms. The second-order valence-electron chi connectivity index (χ2n) is 2.69. The topological polar surface area (TPSA) is 25.8 Å². The summed E-state index contributed by atoms with van der Waals surface area (Å²) < 4.78 is 0. The van der Waals surface area contributed by atoms with Gasteiger partial charge in [0.1, 0.15) is 0 Å². The van der Waals surface area contributed by atoms with Crippen LogP contribution in [0.25, 0.3) is 10.7 Å². The number of nitrogens with zero attached hydrogens (tertiary/aromatic N) is 2. The zero-order chi connectivity index (χ0) is 11.1. The lowest BCUT2D eigenvalue weighted by Gasteiger charge is -1.92. The molecule has 0 radical (unpaired) electrons. The maximum atomic E-state index is 4.20. The minimum Gasteiger partial charge on any atom is -0.236 e. The first-order valence-electron chi connectivity index (χ1n) is 5.26. The summed E-state index contributed by atoms with van der Waals surface area (Å²) >= 11 is 1.76. The van der Waals surface area contributed by atoms with Gasteiger partial charge in [-0.1, -0.05) is 20.8 Å². The number of hydrogen-bond acceptors (Lipinski definition) is 3. The van der Waals surface area contributed by atoms with Crippen LogP contribution < -0.4 is 0 Å². The minimum atomic E-state index is 0.826. The van der Waals surface area contributed by atoms with Crippen molar-refractivity contribution in [3.05, 3.63) is 35.5 Å². The third-order valence-corrected chi connectivity index (χ3v) is 3.02. The molecular weight excluding hydrogens is 204 g/mol. The maximum Gasteiger partial charge on any atom is 0.169 e. The van der Waals surface area contributed by atoms with Crippen molar-refractivity contribution >= 4 is 11.3 Å². The molecule has 0 aliphatic rings. The molecule has 0 N–H and O–H groups in total. The van der Waals surface area contributed by atoms with Gasteiger partial charge in [0.15, 0.2) is 5.82 Å². The highest BCUT2D eigenvalue weighted by atomic mass is 32.1. The first-order valence-corrected chi connectivity index (χ1v) is 6.08. The van der Waals surface area contributed by atoms with Crippen LogP contribution in [0.5, 0.6) is 0 Å². The van der Waals surface area contributed by atoms with Crippen molar-refractivity contribution < 1.29 is 0 Å². The van der Waals surface area contributed by atoms with E-state index in [-0.39, 0.29) is 0 Å². The number of aromatic nitrogens is 2. The first-order chi connectivity index (χ1) is 7.40. The Labute approximate surface area is 95.0 Å². The minimum absolute atomic E-state index is 0.826. The van der Waals surface area contributed by atoms with Crippen LogP contribution in [0.3, 0.4) is 0 Å². The molecule has 0 aliphatic carbocycles. The molecule has 0 spiro atoms. The Balaban J connectivity index is 0.000000531. The highest BCUT2D eigenvalue weighted by Gasteiger charge is 2.02. The third kappa shape index (κ3) is 3.13. The van der Waals surface area contributed by atoms with Crippen LogP contribution in [-0.2, 0) is 6.42 Å². The molecule has 2 nitrogen and oxygen atoms in total. The van der Waals surface area contributed by atoms with Crippen molar-refractivity contribution in [1.29, 1.82) is 0 Å². The molecule has 2 aromatic rings. The second kappa shape index (κ2) is 6.30. The summed E-state index contributed by atoms with van der Waals surface area (Å²) in [5, 5.41) is 0. The monoisotopic (exact) mass is 220 g/mol. The van der Waals surface area contributed by atoms with Gasteiger partial charge in [-0.25, -0.2) is 9.97 Å². The highest BCUT2D eigenvalue weighted by Crippen LogP contribution is 2.24. The molecule has 0 unspecified atom stereocenters. The molecule has 80 valence electrons. The Morgan fingerprint density at radius 2 is 1.80 bits per heavy atom.